The summed E-state index contributed by atoms with van der Waals surface area (Å²) < 4.78 is 18.8. The number of rotatable bonds is 10. The summed E-state index contributed by atoms with van der Waals surface area (Å²) in [6, 6.07) is 9.53. The van der Waals surface area contributed by atoms with Crippen molar-refractivity contribution in [1.82, 2.24) is 24.5 Å². The summed E-state index contributed by atoms with van der Waals surface area (Å²) in [6.07, 6.45) is 6.22. The Bertz CT molecular complexity index is 1600. The fraction of sp³-hybridized carbons (Fsp3) is 0.357. The van der Waals surface area contributed by atoms with Gasteiger partial charge in [-0.25, -0.2) is 4.98 Å². The molecule has 4 aromatic rings. The number of benzene rings is 1. The van der Waals surface area contributed by atoms with E-state index in [9.17, 15) is 14.9 Å². The lowest BCUT2D eigenvalue weighted by Gasteiger charge is -2.26. The molecular weight excluding hydrogens is 514 g/mol. The van der Waals surface area contributed by atoms with Gasteiger partial charge in [-0.2, -0.15) is 10.4 Å². The van der Waals surface area contributed by atoms with Gasteiger partial charge < -0.3 is 19.3 Å². The molecule has 0 radical (unpaired) electrons. The molecule has 0 bridgehead atoms. The van der Waals surface area contributed by atoms with Crippen molar-refractivity contribution in [1.29, 1.82) is 5.26 Å². The molecule has 0 aliphatic heterocycles. The molecule has 1 amide bonds. The summed E-state index contributed by atoms with van der Waals surface area (Å²) in [5.74, 6) is -1.45. The maximum absolute atomic E-state index is 13.4. The topological polar surface area (TPSA) is 150 Å². The first-order chi connectivity index (χ1) is 19.1. The van der Waals surface area contributed by atoms with Gasteiger partial charge in [0.15, 0.2) is 5.69 Å². The molecular formula is C28H31N7O5. The van der Waals surface area contributed by atoms with E-state index in [-0.39, 0.29) is 11.4 Å². The van der Waals surface area contributed by atoms with Crippen molar-refractivity contribution in [3.63, 3.8) is 0 Å². The Kier molecular flexibility index (Phi) is 8.16. The molecule has 0 fully saturated rings. The van der Waals surface area contributed by atoms with E-state index in [1.54, 1.807) is 37.2 Å². The molecule has 3 aromatic heterocycles. The zero-order valence-electron chi connectivity index (χ0n) is 23.2. The summed E-state index contributed by atoms with van der Waals surface area (Å²) >= 11 is 0. The van der Waals surface area contributed by atoms with Crippen LogP contribution in [0.5, 0.6) is 5.75 Å². The minimum Gasteiger partial charge on any atom is -0.489 e. The van der Waals surface area contributed by atoms with Crippen LogP contribution in [0.15, 0.2) is 58.4 Å². The zero-order valence-corrected chi connectivity index (χ0v) is 23.2. The van der Waals surface area contributed by atoms with E-state index in [2.05, 4.69) is 26.6 Å². The van der Waals surface area contributed by atoms with Crippen molar-refractivity contribution < 1.29 is 18.8 Å². The zero-order chi connectivity index (χ0) is 29.0. The van der Waals surface area contributed by atoms with Crippen LogP contribution in [0.2, 0.25) is 0 Å². The lowest BCUT2D eigenvalue weighted by molar-refractivity contribution is 0.00539. The summed E-state index contributed by atoms with van der Waals surface area (Å²) in [6.45, 7) is 6.31. The standard InChI is InChI=1S/C28H31N7O5/c1-17(25-33-23(24(38-5)27(37)34(25)4)26(36)32-20-13-31-40-15-20)22(21-10-8-7-9-18(21)11-29)19-12-30-35(14-19)16-28(2,3)39-6/h7-10,12-15,17,22H,16H2,1-6H3,(H,32,36). The van der Waals surface area contributed by atoms with Crippen LogP contribution >= 0.6 is 0 Å². The highest BCUT2D eigenvalue weighted by molar-refractivity contribution is 6.04. The highest BCUT2D eigenvalue weighted by atomic mass is 16.5. The quantitative estimate of drug-likeness (QED) is 0.316. The number of aromatic nitrogens is 5. The molecule has 3 heterocycles. The number of anilines is 1. The number of nitriles is 1. The monoisotopic (exact) mass is 545 g/mol. The van der Waals surface area contributed by atoms with Crippen LogP contribution < -0.4 is 15.6 Å². The summed E-state index contributed by atoms with van der Waals surface area (Å²) in [4.78, 5) is 31.2. The second kappa shape index (κ2) is 11.5. The second-order valence-electron chi connectivity index (χ2n) is 9.98. The predicted molar refractivity (Wildman–Crippen MR) is 145 cm³/mol. The third-order valence-electron chi connectivity index (χ3n) is 6.82. The number of hydrogen-bond acceptors (Lipinski definition) is 9. The number of nitrogens with zero attached hydrogens (tertiary/aromatic N) is 6. The Labute approximate surface area is 231 Å². The van der Waals surface area contributed by atoms with E-state index in [0.29, 0.717) is 23.6 Å². The Morgan fingerprint density at radius 1 is 1.25 bits per heavy atom. The first-order valence-electron chi connectivity index (χ1n) is 12.5. The first kappa shape index (κ1) is 28.3. The molecule has 12 nitrogen and oxygen atoms in total. The lowest BCUT2D eigenvalue weighted by Crippen LogP contribution is -2.31. The molecule has 2 unspecified atom stereocenters. The van der Waals surface area contributed by atoms with Crippen LogP contribution in [-0.2, 0) is 18.3 Å². The molecule has 1 aromatic carbocycles. The number of nitrogens with one attached hydrogen (secondary N) is 1. The van der Waals surface area contributed by atoms with Crippen LogP contribution in [0, 0.1) is 11.3 Å². The summed E-state index contributed by atoms with van der Waals surface area (Å²) in [5.41, 5.74) is 1.16. The maximum Gasteiger partial charge on any atom is 0.296 e. The second-order valence-corrected chi connectivity index (χ2v) is 9.98. The smallest absolute Gasteiger partial charge is 0.296 e. The van der Waals surface area contributed by atoms with E-state index in [1.807, 2.05) is 39.1 Å². The SMILES string of the molecule is COc1c(C(=O)Nc2cnoc2)nc(C(C)C(c2cnn(CC(C)(C)OC)c2)c2ccccc2C#N)n(C)c1=O. The fourth-order valence-corrected chi connectivity index (χ4v) is 4.64. The molecule has 0 aliphatic rings. The molecule has 1 N–H and O–H groups in total. The van der Waals surface area contributed by atoms with Crippen LogP contribution in [-0.4, -0.2) is 50.2 Å². The normalized spacial score (nSPS) is 12.9. The van der Waals surface area contributed by atoms with Crippen LogP contribution in [0.1, 0.15) is 65.6 Å². The number of ether oxygens (including phenoxy) is 2. The molecule has 40 heavy (non-hydrogen) atoms. The molecule has 0 aliphatic carbocycles. The summed E-state index contributed by atoms with van der Waals surface area (Å²) in [7, 11) is 4.52. The molecule has 0 saturated carbocycles. The van der Waals surface area contributed by atoms with E-state index in [4.69, 9.17) is 14.0 Å². The van der Waals surface area contributed by atoms with E-state index in [0.717, 1.165) is 11.1 Å². The van der Waals surface area contributed by atoms with Gasteiger partial charge in [0, 0.05) is 32.2 Å². The van der Waals surface area contributed by atoms with Crippen molar-refractivity contribution in [3.05, 3.63) is 87.7 Å². The van der Waals surface area contributed by atoms with Gasteiger partial charge in [-0.05, 0) is 31.0 Å². The Morgan fingerprint density at radius 3 is 2.65 bits per heavy atom. The highest BCUT2D eigenvalue weighted by Gasteiger charge is 2.32. The molecule has 0 spiro atoms. The van der Waals surface area contributed by atoms with Crippen molar-refractivity contribution in [2.24, 2.45) is 7.05 Å². The lowest BCUT2D eigenvalue weighted by atomic mass is 9.80. The molecule has 4 rings (SSSR count). The number of amides is 1. The van der Waals surface area contributed by atoms with Crippen LogP contribution in [0.3, 0.4) is 0 Å². The van der Waals surface area contributed by atoms with E-state index < -0.39 is 28.9 Å². The fourth-order valence-electron chi connectivity index (χ4n) is 4.64. The minimum atomic E-state index is -0.658. The van der Waals surface area contributed by atoms with Gasteiger partial charge in [0.05, 0.1) is 43.3 Å². The maximum atomic E-state index is 13.4. The van der Waals surface area contributed by atoms with Crippen molar-refractivity contribution in [2.75, 3.05) is 19.5 Å². The van der Waals surface area contributed by atoms with Crippen molar-refractivity contribution in [2.45, 2.75) is 44.8 Å². The van der Waals surface area contributed by atoms with E-state index >= 15 is 0 Å². The number of methoxy groups -OCH3 is 2. The van der Waals surface area contributed by atoms with Gasteiger partial charge >= 0.3 is 0 Å². The Hall–Kier alpha value is -4.76. The largest absolute Gasteiger partial charge is 0.489 e. The van der Waals surface area contributed by atoms with Crippen LogP contribution in [0.25, 0.3) is 0 Å². The number of carbonyl (C=O) groups is 1. The first-order valence-corrected chi connectivity index (χ1v) is 12.5. The predicted octanol–water partition coefficient (Wildman–Crippen LogP) is 3.46. The third-order valence-corrected chi connectivity index (χ3v) is 6.82. The number of carbonyl (C=O) groups excluding carboxylic acids is 1. The summed E-state index contributed by atoms with van der Waals surface area (Å²) in [5, 5.41) is 20.7. The van der Waals surface area contributed by atoms with Crippen molar-refractivity contribution >= 4 is 11.6 Å². The highest BCUT2D eigenvalue weighted by Crippen LogP contribution is 2.39. The Morgan fingerprint density at radius 2 is 2.00 bits per heavy atom. The van der Waals surface area contributed by atoms with Gasteiger partial charge in [-0.3, -0.25) is 18.8 Å². The number of hydrogen-bond donors (Lipinski definition) is 1. The Balaban J connectivity index is 1.85. The molecule has 12 heteroatoms. The molecule has 2 atom stereocenters. The third kappa shape index (κ3) is 5.64. The average molecular weight is 546 g/mol. The minimum absolute atomic E-state index is 0.182. The average Bonchev–Trinajstić information content (AvgIpc) is 3.62. The van der Waals surface area contributed by atoms with Gasteiger partial charge in [0.25, 0.3) is 11.5 Å². The van der Waals surface area contributed by atoms with Crippen LogP contribution in [0.4, 0.5) is 5.69 Å². The molecule has 208 valence electrons. The van der Waals surface area contributed by atoms with Crippen molar-refractivity contribution in [3.8, 4) is 11.8 Å². The molecule has 0 saturated heterocycles. The van der Waals surface area contributed by atoms with E-state index in [1.165, 1.54) is 24.1 Å². The van der Waals surface area contributed by atoms with Gasteiger partial charge in [0.1, 0.15) is 17.8 Å². The van der Waals surface area contributed by atoms with Gasteiger partial charge in [-0.1, -0.05) is 30.3 Å². The van der Waals surface area contributed by atoms with Gasteiger partial charge in [-0.15, -0.1) is 0 Å². The van der Waals surface area contributed by atoms with Gasteiger partial charge in [0.2, 0.25) is 5.75 Å².